The van der Waals surface area contributed by atoms with Crippen molar-refractivity contribution in [2.45, 2.75) is 26.4 Å². The number of carbonyl (C=O) groups is 2. The lowest BCUT2D eigenvalue weighted by Crippen LogP contribution is -2.45. The molecule has 118 valence electrons. The van der Waals surface area contributed by atoms with Crippen molar-refractivity contribution in [1.82, 2.24) is 9.80 Å². The van der Waals surface area contributed by atoms with Crippen molar-refractivity contribution < 1.29 is 19.4 Å². The van der Waals surface area contributed by atoms with Crippen LogP contribution in [0.15, 0.2) is 0 Å². The summed E-state index contributed by atoms with van der Waals surface area (Å²) in [7, 11) is 0. The molecule has 0 unspecified atom stereocenters. The van der Waals surface area contributed by atoms with Gasteiger partial charge in [-0.3, -0.25) is 0 Å². The molecule has 0 saturated carbocycles. The maximum atomic E-state index is 11.9. The Hall–Kier alpha value is -1.54. The molecular formula is C12H26N4O4. The zero-order valence-electron chi connectivity index (χ0n) is 12.5. The van der Waals surface area contributed by atoms with Crippen LogP contribution >= 0.6 is 0 Å². The topological polar surface area (TPSA) is 122 Å². The Morgan fingerprint density at radius 3 is 1.85 bits per heavy atom. The maximum Gasteiger partial charge on any atom is 0.410 e. The summed E-state index contributed by atoms with van der Waals surface area (Å²) in [6, 6.07) is 0. The van der Waals surface area contributed by atoms with E-state index in [1.807, 2.05) is 0 Å². The number of hydrogen-bond donors (Lipinski definition) is 3. The van der Waals surface area contributed by atoms with Gasteiger partial charge in [-0.05, 0) is 20.8 Å². The third kappa shape index (κ3) is 7.80. The number of ether oxygens (including phenoxy) is 1. The van der Waals surface area contributed by atoms with E-state index in [-0.39, 0.29) is 32.7 Å². The van der Waals surface area contributed by atoms with Gasteiger partial charge in [0.15, 0.2) is 0 Å². The molecule has 0 bridgehead atoms. The molecule has 0 saturated heterocycles. The highest BCUT2D eigenvalue weighted by Gasteiger charge is 2.22. The minimum atomic E-state index is -1.06. The molecule has 0 aliphatic heterocycles. The van der Waals surface area contributed by atoms with E-state index < -0.39 is 17.8 Å². The molecule has 0 aromatic heterocycles. The van der Waals surface area contributed by atoms with E-state index in [9.17, 15) is 9.59 Å². The molecule has 2 amide bonds. The summed E-state index contributed by atoms with van der Waals surface area (Å²) >= 11 is 0. The van der Waals surface area contributed by atoms with Crippen molar-refractivity contribution in [3.8, 4) is 0 Å². The van der Waals surface area contributed by atoms with Crippen molar-refractivity contribution >= 4 is 12.2 Å². The first-order valence-electron chi connectivity index (χ1n) is 6.57. The Morgan fingerprint density at radius 1 is 1.00 bits per heavy atom. The number of rotatable bonds is 7. The van der Waals surface area contributed by atoms with Gasteiger partial charge in [-0.1, -0.05) is 0 Å². The Bertz CT molecular complexity index is 317. The fourth-order valence-corrected chi connectivity index (χ4v) is 1.48. The second-order valence-corrected chi connectivity index (χ2v) is 5.31. The molecule has 0 fully saturated rings. The third-order valence-corrected chi connectivity index (χ3v) is 2.36. The van der Waals surface area contributed by atoms with Crippen LogP contribution < -0.4 is 11.5 Å². The molecule has 0 aromatic carbocycles. The first-order valence-corrected chi connectivity index (χ1v) is 6.57. The molecule has 0 atom stereocenters. The Labute approximate surface area is 119 Å². The summed E-state index contributed by atoms with van der Waals surface area (Å²) in [5.41, 5.74) is 10.2. The van der Waals surface area contributed by atoms with Gasteiger partial charge >= 0.3 is 12.2 Å². The smallest absolute Gasteiger partial charge is 0.410 e. The zero-order chi connectivity index (χ0) is 15.8. The molecule has 0 aliphatic carbocycles. The van der Waals surface area contributed by atoms with Crippen LogP contribution in [0.25, 0.3) is 0 Å². The van der Waals surface area contributed by atoms with E-state index in [1.54, 1.807) is 20.8 Å². The first-order chi connectivity index (χ1) is 9.21. The van der Waals surface area contributed by atoms with E-state index in [2.05, 4.69) is 0 Å². The van der Waals surface area contributed by atoms with Gasteiger partial charge in [0.2, 0.25) is 0 Å². The van der Waals surface area contributed by atoms with Crippen LogP contribution in [0.3, 0.4) is 0 Å². The zero-order valence-corrected chi connectivity index (χ0v) is 12.5. The first kappa shape index (κ1) is 18.5. The van der Waals surface area contributed by atoms with E-state index in [0.29, 0.717) is 6.54 Å². The average molecular weight is 290 g/mol. The Morgan fingerprint density at radius 2 is 1.45 bits per heavy atom. The molecule has 0 radical (unpaired) electrons. The molecule has 0 rings (SSSR count). The van der Waals surface area contributed by atoms with Crippen molar-refractivity contribution in [2.24, 2.45) is 11.5 Å². The van der Waals surface area contributed by atoms with Gasteiger partial charge < -0.3 is 31.1 Å². The van der Waals surface area contributed by atoms with Gasteiger partial charge in [-0.25, -0.2) is 9.59 Å². The van der Waals surface area contributed by atoms with Crippen LogP contribution in [0, 0.1) is 0 Å². The van der Waals surface area contributed by atoms with Gasteiger partial charge in [0.1, 0.15) is 5.60 Å². The quantitative estimate of drug-likeness (QED) is 0.612. The fourth-order valence-electron chi connectivity index (χ4n) is 1.48. The molecule has 0 spiro atoms. The van der Waals surface area contributed by atoms with E-state index in [4.69, 9.17) is 21.3 Å². The minimum absolute atomic E-state index is 0.172. The lowest BCUT2D eigenvalue weighted by Gasteiger charge is -2.28. The van der Waals surface area contributed by atoms with Gasteiger partial charge in [0.05, 0.1) is 0 Å². The monoisotopic (exact) mass is 290 g/mol. The second kappa shape index (κ2) is 8.60. The van der Waals surface area contributed by atoms with Gasteiger partial charge in [-0.15, -0.1) is 0 Å². The highest BCUT2D eigenvalue weighted by atomic mass is 16.6. The molecule has 8 nitrogen and oxygen atoms in total. The molecule has 0 aromatic rings. The summed E-state index contributed by atoms with van der Waals surface area (Å²) in [6.07, 6.45) is -1.56. The standard InChI is InChI=1S/C12H26N4O4/c1-12(2,3)20-11(19)16(7-5-14)9-8-15(6-4-13)10(17)18/h4-9,13-14H2,1-3H3,(H,17,18). The molecule has 20 heavy (non-hydrogen) atoms. The Balaban J connectivity index is 4.53. The maximum absolute atomic E-state index is 11.9. The lowest BCUT2D eigenvalue weighted by atomic mass is 10.2. The normalized spacial score (nSPS) is 11.1. The third-order valence-electron chi connectivity index (χ3n) is 2.36. The lowest BCUT2D eigenvalue weighted by molar-refractivity contribution is 0.0238. The molecule has 5 N–H and O–H groups in total. The second-order valence-electron chi connectivity index (χ2n) is 5.31. The van der Waals surface area contributed by atoms with Gasteiger partial charge in [0.25, 0.3) is 0 Å². The number of carboxylic acid groups (broad SMARTS) is 1. The van der Waals surface area contributed by atoms with Crippen molar-refractivity contribution in [1.29, 1.82) is 0 Å². The van der Waals surface area contributed by atoms with Crippen LogP contribution in [-0.4, -0.2) is 72.0 Å². The van der Waals surface area contributed by atoms with Gasteiger partial charge in [-0.2, -0.15) is 0 Å². The Kier molecular flexibility index (Phi) is 7.93. The predicted octanol–water partition coefficient (Wildman–Crippen LogP) is 0.121. The number of hydrogen-bond acceptors (Lipinski definition) is 5. The van der Waals surface area contributed by atoms with Crippen LogP contribution in [0.1, 0.15) is 20.8 Å². The fraction of sp³-hybridized carbons (Fsp3) is 0.833. The van der Waals surface area contributed by atoms with Crippen LogP contribution in [0.5, 0.6) is 0 Å². The summed E-state index contributed by atoms with van der Waals surface area (Å²) in [6.45, 7) is 6.74. The largest absolute Gasteiger partial charge is 0.465 e. The minimum Gasteiger partial charge on any atom is -0.465 e. The molecule has 8 heteroatoms. The highest BCUT2D eigenvalue weighted by Crippen LogP contribution is 2.09. The number of nitrogens with two attached hydrogens (primary N) is 2. The molecule has 0 aliphatic rings. The summed E-state index contributed by atoms with van der Waals surface area (Å²) < 4.78 is 5.25. The predicted molar refractivity (Wildman–Crippen MR) is 75.5 cm³/mol. The SMILES string of the molecule is CC(C)(C)OC(=O)N(CCN)CCN(CCN)C(=O)O. The van der Waals surface area contributed by atoms with E-state index in [0.717, 1.165) is 4.90 Å². The molecular weight excluding hydrogens is 264 g/mol. The summed E-state index contributed by atoms with van der Waals surface area (Å²) in [5.74, 6) is 0. The van der Waals surface area contributed by atoms with Crippen LogP contribution in [0.2, 0.25) is 0 Å². The van der Waals surface area contributed by atoms with Crippen molar-refractivity contribution in [2.75, 3.05) is 39.3 Å². The van der Waals surface area contributed by atoms with Crippen molar-refractivity contribution in [3.05, 3.63) is 0 Å². The van der Waals surface area contributed by atoms with Gasteiger partial charge in [0, 0.05) is 39.3 Å². The number of amides is 2. The van der Waals surface area contributed by atoms with E-state index >= 15 is 0 Å². The van der Waals surface area contributed by atoms with Crippen molar-refractivity contribution in [3.63, 3.8) is 0 Å². The highest BCUT2D eigenvalue weighted by molar-refractivity contribution is 5.68. The molecule has 0 heterocycles. The number of carbonyl (C=O) groups excluding carboxylic acids is 1. The summed E-state index contributed by atoms with van der Waals surface area (Å²) in [5, 5.41) is 8.98. The van der Waals surface area contributed by atoms with Crippen LogP contribution in [-0.2, 0) is 4.74 Å². The average Bonchev–Trinajstić information content (AvgIpc) is 2.30. The van der Waals surface area contributed by atoms with Crippen LogP contribution in [0.4, 0.5) is 9.59 Å². The summed E-state index contributed by atoms with van der Waals surface area (Å²) in [4.78, 5) is 25.5. The van der Waals surface area contributed by atoms with E-state index in [1.165, 1.54) is 4.90 Å². The number of nitrogens with zero attached hydrogens (tertiary/aromatic N) is 2.